The maximum Gasteiger partial charge on any atom is 0.439 e. The number of alkyl halides is 3. The third kappa shape index (κ3) is 2.65. The summed E-state index contributed by atoms with van der Waals surface area (Å²) >= 11 is 3.18. The van der Waals surface area contributed by atoms with E-state index in [1.54, 1.807) is 12.1 Å². The molecule has 1 amide bonds. The molecule has 3 unspecified atom stereocenters. The van der Waals surface area contributed by atoms with Crippen LogP contribution in [0.4, 0.5) is 13.2 Å². The number of hydrogen-bond donors (Lipinski definition) is 1. The molecule has 1 aromatic rings. The first-order valence-electron chi connectivity index (χ1n) is 7.61. The number of halogens is 4. The second kappa shape index (κ2) is 5.84. The van der Waals surface area contributed by atoms with E-state index in [1.165, 1.54) is 12.1 Å². The number of benzene rings is 1. The molecule has 1 aromatic carbocycles. The van der Waals surface area contributed by atoms with Gasteiger partial charge in [0.2, 0.25) is 0 Å². The van der Waals surface area contributed by atoms with Gasteiger partial charge in [-0.3, -0.25) is 4.79 Å². The van der Waals surface area contributed by atoms with E-state index >= 15 is 0 Å². The van der Waals surface area contributed by atoms with Gasteiger partial charge in [0.15, 0.2) is 0 Å². The number of amides is 1. The molecule has 1 N–H and O–H groups in total. The fourth-order valence-electron chi connectivity index (χ4n) is 3.36. The molecular weight excluding hydrogens is 389 g/mol. The number of hydrazone groups is 1. The Morgan fingerprint density at radius 3 is 2.79 bits per heavy atom. The lowest BCUT2D eigenvalue weighted by molar-refractivity contribution is -0.313. The van der Waals surface area contributed by atoms with Crippen molar-refractivity contribution in [2.24, 2.45) is 16.9 Å². The summed E-state index contributed by atoms with van der Waals surface area (Å²) in [5.41, 5.74) is -3.02. The standard InChI is InChI=1S/C16H16BrF3N2O2/c1-9-5-6-13-12(7-9)15(24,16(18,19)20)22(21-13)14(23)10-3-2-4-11(17)8-10/h2-4,8-9,12,24H,5-7H2,1H3. The van der Waals surface area contributed by atoms with E-state index in [0.717, 1.165) is 0 Å². The second-order valence-corrected chi connectivity index (χ2v) is 7.29. The van der Waals surface area contributed by atoms with Crippen LogP contribution in [0.25, 0.3) is 0 Å². The zero-order valence-electron chi connectivity index (χ0n) is 12.8. The smallest absolute Gasteiger partial charge is 0.362 e. The summed E-state index contributed by atoms with van der Waals surface area (Å²) in [6.07, 6.45) is -3.80. The highest BCUT2D eigenvalue weighted by Gasteiger charge is 2.68. The highest BCUT2D eigenvalue weighted by molar-refractivity contribution is 9.10. The minimum atomic E-state index is -5.00. The Morgan fingerprint density at radius 2 is 2.17 bits per heavy atom. The van der Waals surface area contributed by atoms with Crippen LogP contribution in [0.3, 0.4) is 0 Å². The first-order chi connectivity index (χ1) is 11.1. The molecule has 8 heteroatoms. The van der Waals surface area contributed by atoms with Crippen LogP contribution < -0.4 is 0 Å². The largest absolute Gasteiger partial charge is 0.439 e. The molecule has 1 heterocycles. The summed E-state index contributed by atoms with van der Waals surface area (Å²) in [6, 6.07) is 6.00. The van der Waals surface area contributed by atoms with E-state index < -0.39 is 23.7 Å². The molecule has 1 aliphatic heterocycles. The van der Waals surface area contributed by atoms with E-state index in [0.29, 0.717) is 17.3 Å². The Labute approximate surface area is 145 Å². The maximum atomic E-state index is 13.7. The quantitative estimate of drug-likeness (QED) is 0.770. The van der Waals surface area contributed by atoms with E-state index in [1.807, 2.05) is 6.92 Å². The minimum absolute atomic E-state index is 0.0306. The maximum absolute atomic E-state index is 13.7. The average molecular weight is 405 g/mol. The van der Waals surface area contributed by atoms with E-state index in [4.69, 9.17) is 0 Å². The van der Waals surface area contributed by atoms with Gasteiger partial charge in [0.25, 0.3) is 11.6 Å². The number of rotatable bonds is 1. The summed E-state index contributed by atoms with van der Waals surface area (Å²) in [6.45, 7) is 1.84. The van der Waals surface area contributed by atoms with Gasteiger partial charge >= 0.3 is 6.18 Å². The lowest BCUT2D eigenvalue weighted by Gasteiger charge is -2.39. The number of nitrogens with zero attached hydrogens (tertiary/aromatic N) is 2. The first kappa shape index (κ1) is 17.4. The van der Waals surface area contributed by atoms with Crippen molar-refractivity contribution in [1.29, 1.82) is 0 Å². The van der Waals surface area contributed by atoms with Crippen LogP contribution in [-0.4, -0.2) is 33.6 Å². The van der Waals surface area contributed by atoms with Crippen LogP contribution in [0.15, 0.2) is 33.8 Å². The van der Waals surface area contributed by atoms with Gasteiger partial charge < -0.3 is 5.11 Å². The number of fused-ring (bicyclic) bond motifs is 1. The Balaban J connectivity index is 2.05. The number of carbonyl (C=O) groups is 1. The lowest BCUT2D eigenvalue weighted by Crippen LogP contribution is -2.61. The molecule has 1 fully saturated rings. The summed E-state index contributed by atoms with van der Waals surface area (Å²) < 4.78 is 41.7. The molecule has 4 nitrogen and oxygen atoms in total. The first-order valence-corrected chi connectivity index (χ1v) is 8.40. The predicted molar refractivity (Wildman–Crippen MR) is 85.3 cm³/mol. The molecule has 0 bridgehead atoms. The monoisotopic (exact) mass is 404 g/mol. The van der Waals surface area contributed by atoms with Crippen molar-refractivity contribution in [3.63, 3.8) is 0 Å². The summed E-state index contributed by atoms with van der Waals surface area (Å²) in [7, 11) is 0. The molecule has 0 radical (unpaired) electrons. The van der Waals surface area contributed by atoms with Crippen molar-refractivity contribution in [3.05, 3.63) is 34.3 Å². The summed E-state index contributed by atoms with van der Waals surface area (Å²) in [5, 5.41) is 14.7. The van der Waals surface area contributed by atoms with Crippen LogP contribution in [-0.2, 0) is 0 Å². The van der Waals surface area contributed by atoms with Crippen molar-refractivity contribution < 1.29 is 23.1 Å². The lowest BCUT2D eigenvalue weighted by atomic mass is 9.76. The van der Waals surface area contributed by atoms with Gasteiger partial charge in [-0.05, 0) is 43.4 Å². The Morgan fingerprint density at radius 1 is 1.46 bits per heavy atom. The second-order valence-electron chi connectivity index (χ2n) is 6.37. The van der Waals surface area contributed by atoms with E-state index in [-0.39, 0.29) is 28.6 Å². The number of hydrogen-bond acceptors (Lipinski definition) is 3. The van der Waals surface area contributed by atoms with Gasteiger partial charge in [0.1, 0.15) is 0 Å². The zero-order valence-corrected chi connectivity index (χ0v) is 14.4. The molecular formula is C16H16BrF3N2O2. The molecule has 3 rings (SSSR count). The van der Waals surface area contributed by atoms with Crippen molar-refractivity contribution in [2.45, 2.75) is 38.1 Å². The van der Waals surface area contributed by atoms with Crippen LogP contribution in [0, 0.1) is 11.8 Å². The molecule has 0 spiro atoms. The SMILES string of the molecule is CC1CCC2=NN(C(=O)c3cccc(Br)c3)C(O)(C(F)(F)F)C2C1. The average Bonchev–Trinajstić information content (AvgIpc) is 2.80. The van der Waals surface area contributed by atoms with Crippen LogP contribution >= 0.6 is 15.9 Å². The third-order valence-electron chi connectivity index (χ3n) is 4.65. The summed E-state index contributed by atoms with van der Waals surface area (Å²) in [4.78, 5) is 12.6. The van der Waals surface area contributed by atoms with Crippen molar-refractivity contribution in [1.82, 2.24) is 5.01 Å². The molecule has 0 aromatic heterocycles. The van der Waals surface area contributed by atoms with Crippen molar-refractivity contribution in [3.8, 4) is 0 Å². The zero-order chi connectivity index (χ0) is 17.7. The minimum Gasteiger partial charge on any atom is -0.362 e. The normalized spacial score (nSPS) is 30.1. The van der Waals surface area contributed by atoms with Gasteiger partial charge in [0, 0.05) is 15.7 Å². The van der Waals surface area contributed by atoms with Crippen LogP contribution in [0.5, 0.6) is 0 Å². The predicted octanol–water partition coefficient (Wildman–Crippen LogP) is 3.95. The molecule has 130 valence electrons. The Bertz CT molecular complexity index is 707. The fourth-order valence-corrected chi connectivity index (χ4v) is 3.75. The number of aliphatic hydroxyl groups is 1. The Kier molecular flexibility index (Phi) is 4.24. The number of carbonyl (C=O) groups excluding carboxylic acids is 1. The van der Waals surface area contributed by atoms with Gasteiger partial charge in [-0.2, -0.15) is 23.3 Å². The van der Waals surface area contributed by atoms with Crippen LogP contribution in [0.2, 0.25) is 0 Å². The van der Waals surface area contributed by atoms with E-state index in [9.17, 15) is 23.1 Å². The van der Waals surface area contributed by atoms with Crippen LogP contribution in [0.1, 0.15) is 36.5 Å². The topological polar surface area (TPSA) is 52.9 Å². The molecule has 3 atom stereocenters. The highest BCUT2D eigenvalue weighted by atomic mass is 79.9. The Hall–Kier alpha value is -1.41. The van der Waals surface area contributed by atoms with Gasteiger partial charge in [-0.25, -0.2) is 0 Å². The third-order valence-corrected chi connectivity index (χ3v) is 5.15. The molecule has 24 heavy (non-hydrogen) atoms. The van der Waals surface area contributed by atoms with Gasteiger partial charge in [-0.1, -0.05) is 28.9 Å². The van der Waals surface area contributed by atoms with Crippen molar-refractivity contribution in [2.75, 3.05) is 0 Å². The van der Waals surface area contributed by atoms with E-state index in [2.05, 4.69) is 21.0 Å². The molecule has 0 saturated heterocycles. The van der Waals surface area contributed by atoms with Gasteiger partial charge in [0.05, 0.1) is 5.92 Å². The molecule has 1 saturated carbocycles. The van der Waals surface area contributed by atoms with Crippen molar-refractivity contribution >= 4 is 27.5 Å². The molecule has 1 aliphatic carbocycles. The molecule has 2 aliphatic rings. The fraction of sp³-hybridized carbons (Fsp3) is 0.500. The van der Waals surface area contributed by atoms with Gasteiger partial charge in [-0.15, -0.1) is 0 Å². The summed E-state index contributed by atoms with van der Waals surface area (Å²) in [5.74, 6) is -2.15. The highest BCUT2D eigenvalue weighted by Crippen LogP contribution is 2.49.